The normalized spacial score (nSPS) is 10.7. The number of aryl methyl sites for hydroxylation is 1. The topological polar surface area (TPSA) is 60.5 Å². The predicted molar refractivity (Wildman–Crippen MR) is 115 cm³/mol. The lowest BCUT2D eigenvalue weighted by atomic mass is 10.2. The van der Waals surface area contributed by atoms with Crippen molar-refractivity contribution in [2.45, 2.75) is 32.6 Å². The Bertz CT molecular complexity index is 921. The molecule has 29 heavy (non-hydrogen) atoms. The molecule has 152 valence electrons. The number of rotatable bonds is 11. The number of pyridine rings is 1. The average Bonchev–Trinajstić information content (AvgIpc) is 2.73. The molecule has 3 aromatic rings. The van der Waals surface area contributed by atoms with E-state index in [1.165, 1.54) is 5.56 Å². The van der Waals surface area contributed by atoms with Gasteiger partial charge in [-0.25, -0.2) is 0 Å². The number of nitrogens with zero attached hydrogens (tertiary/aromatic N) is 1. The van der Waals surface area contributed by atoms with Gasteiger partial charge in [-0.1, -0.05) is 30.3 Å². The first-order chi connectivity index (χ1) is 14.2. The lowest BCUT2D eigenvalue weighted by Crippen LogP contribution is -2.25. The van der Waals surface area contributed by atoms with Crippen LogP contribution in [0.1, 0.15) is 31.2 Å². The molecule has 1 N–H and O–H groups in total. The molecule has 0 atom stereocenters. The van der Waals surface area contributed by atoms with E-state index < -0.39 is 0 Å². The molecule has 3 rings (SSSR count). The Kier molecular flexibility index (Phi) is 7.87. The number of hydrogen-bond acceptors (Lipinski definition) is 4. The van der Waals surface area contributed by atoms with Crippen molar-refractivity contribution in [2.75, 3.05) is 19.8 Å². The maximum Gasteiger partial charge on any atom is 0.219 e. The van der Waals surface area contributed by atoms with Crippen LogP contribution in [0.4, 0.5) is 0 Å². The highest BCUT2D eigenvalue weighted by atomic mass is 16.5. The van der Waals surface area contributed by atoms with E-state index in [4.69, 9.17) is 9.47 Å². The van der Waals surface area contributed by atoms with E-state index in [-0.39, 0.29) is 5.91 Å². The molecule has 0 saturated carbocycles. The predicted octanol–water partition coefficient (Wildman–Crippen LogP) is 4.68. The van der Waals surface area contributed by atoms with Crippen molar-refractivity contribution in [3.8, 4) is 11.5 Å². The van der Waals surface area contributed by atoms with Crippen molar-refractivity contribution in [1.29, 1.82) is 0 Å². The van der Waals surface area contributed by atoms with Crippen LogP contribution in [0.3, 0.4) is 0 Å². The zero-order chi connectivity index (χ0) is 20.3. The lowest BCUT2D eigenvalue weighted by molar-refractivity contribution is -0.121. The van der Waals surface area contributed by atoms with Crippen LogP contribution >= 0.6 is 0 Å². The third-order valence-corrected chi connectivity index (χ3v) is 4.55. The summed E-state index contributed by atoms with van der Waals surface area (Å²) in [5.74, 6) is 1.74. The van der Waals surface area contributed by atoms with Gasteiger partial charge >= 0.3 is 0 Å². The number of para-hydroxylation sites is 1. The highest BCUT2D eigenvalue weighted by Gasteiger charge is 2.04. The Morgan fingerprint density at radius 3 is 2.69 bits per heavy atom. The summed E-state index contributed by atoms with van der Waals surface area (Å²) in [6.07, 6.45) is 4.71. The Morgan fingerprint density at radius 1 is 0.966 bits per heavy atom. The van der Waals surface area contributed by atoms with E-state index in [2.05, 4.69) is 10.3 Å². The Hall–Kier alpha value is -3.08. The molecular weight excluding hydrogens is 364 g/mol. The second-order valence-corrected chi connectivity index (χ2v) is 7.01. The first-order valence-electron chi connectivity index (χ1n) is 10.1. The number of aromatic nitrogens is 1. The van der Waals surface area contributed by atoms with Crippen LogP contribution in [0, 0.1) is 6.92 Å². The molecule has 0 bridgehead atoms. The molecule has 0 aliphatic heterocycles. The fourth-order valence-corrected chi connectivity index (χ4v) is 3.05. The van der Waals surface area contributed by atoms with Gasteiger partial charge in [-0.3, -0.25) is 9.78 Å². The highest BCUT2D eigenvalue weighted by Crippen LogP contribution is 2.22. The monoisotopic (exact) mass is 392 g/mol. The highest BCUT2D eigenvalue weighted by molar-refractivity contribution is 5.84. The second kappa shape index (κ2) is 11.1. The van der Waals surface area contributed by atoms with Gasteiger partial charge in [0.25, 0.3) is 0 Å². The summed E-state index contributed by atoms with van der Waals surface area (Å²) in [5, 5.41) is 4.01. The van der Waals surface area contributed by atoms with Crippen LogP contribution in [0.25, 0.3) is 10.9 Å². The number of carbonyl (C=O) groups is 1. The molecule has 0 fully saturated rings. The number of unbranched alkanes of at least 4 members (excludes halogenated alkanes) is 1. The smallest absolute Gasteiger partial charge is 0.219 e. The number of benzene rings is 2. The quantitative estimate of drug-likeness (QED) is 0.482. The van der Waals surface area contributed by atoms with Crippen LogP contribution < -0.4 is 14.8 Å². The van der Waals surface area contributed by atoms with Gasteiger partial charge in [0, 0.05) is 24.5 Å². The zero-order valence-corrected chi connectivity index (χ0v) is 16.9. The summed E-state index contributed by atoms with van der Waals surface area (Å²) >= 11 is 0. The van der Waals surface area contributed by atoms with Gasteiger partial charge in [-0.2, -0.15) is 0 Å². The van der Waals surface area contributed by atoms with Gasteiger partial charge in [-0.05, 0) is 56.0 Å². The summed E-state index contributed by atoms with van der Waals surface area (Å²) in [4.78, 5) is 16.3. The van der Waals surface area contributed by atoms with Crippen LogP contribution in [-0.4, -0.2) is 30.6 Å². The second-order valence-electron chi connectivity index (χ2n) is 7.01. The minimum absolute atomic E-state index is 0.0763. The van der Waals surface area contributed by atoms with E-state index in [0.717, 1.165) is 41.7 Å². The van der Waals surface area contributed by atoms with Gasteiger partial charge in [-0.15, -0.1) is 0 Å². The molecule has 0 spiro atoms. The number of fused-ring (bicyclic) bond motifs is 1. The number of amides is 1. The van der Waals surface area contributed by atoms with Crippen molar-refractivity contribution >= 4 is 16.8 Å². The molecule has 5 nitrogen and oxygen atoms in total. The lowest BCUT2D eigenvalue weighted by Gasteiger charge is -2.09. The number of carbonyl (C=O) groups excluding carboxylic acids is 1. The van der Waals surface area contributed by atoms with Gasteiger partial charge in [0.1, 0.15) is 17.0 Å². The first kappa shape index (κ1) is 20.6. The van der Waals surface area contributed by atoms with Crippen molar-refractivity contribution in [3.05, 3.63) is 66.4 Å². The number of ether oxygens (including phenoxy) is 2. The van der Waals surface area contributed by atoms with Gasteiger partial charge in [0.15, 0.2) is 0 Å². The van der Waals surface area contributed by atoms with E-state index >= 15 is 0 Å². The minimum atomic E-state index is 0.0763. The molecule has 5 heteroatoms. The Labute approximate surface area is 172 Å². The molecule has 0 aliphatic carbocycles. The molecular formula is C24H28N2O3. The SMILES string of the molecule is Cc1cccc(OCCCCC(=O)NCCCOc2cccc3cccnc23)c1. The van der Waals surface area contributed by atoms with Crippen LogP contribution in [-0.2, 0) is 4.79 Å². The van der Waals surface area contributed by atoms with Crippen LogP contribution in [0.15, 0.2) is 60.8 Å². The van der Waals surface area contributed by atoms with Crippen molar-refractivity contribution in [1.82, 2.24) is 10.3 Å². The van der Waals surface area contributed by atoms with Gasteiger partial charge in [0.2, 0.25) is 5.91 Å². The van der Waals surface area contributed by atoms with Crippen molar-refractivity contribution < 1.29 is 14.3 Å². The van der Waals surface area contributed by atoms with Crippen molar-refractivity contribution in [3.63, 3.8) is 0 Å². The standard InChI is InChI=1S/C24H28N2O3/c1-19-8-4-11-21(18-19)28-16-3-2-13-23(27)25-15-7-17-29-22-12-5-9-20-10-6-14-26-24(20)22/h4-6,8-12,14,18H,2-3,7,13,15-17H2,1H3,(H,25,27). The third kappa shape index (κ3) is 6.79. The molecule has 2 aromatic carbocycles. The third-order valence-electron chi connectivity index (χ3n) is 4.55. The minimum Gasteiger partial charge on any atom is -0.494 e. The van der Waals surface area contributed by atoms with Crippen molar-refractivity contribution in [2.24, 2.45) is 0 Å². The van der Waals surface area contributed by atoms with Gasteiger partial charge < -0.3 is 14.8 Å². The van der Waals surface area contributed by atoms with Crippen LogP contribution in [0.5, 0.6) is 11.5 Å². The molecule has 0 radical (unpaired) electrons. The van der Waals surface area contributed by atoms with E-state index in [1.54, 1.807) is 6.20 Å². The summed E-state index contributed by atoms with van der Waals surface area (Å²) in [6, 6.07) is 17.8. The maximum atomic E-state index is 11.9. The largest absolute Gasteiger partial charge is 0.494 e. The Morgan fingerprint density at radius 2 is 1.79 bits per heavy atom. The molecule has 0 aliphatic rings. The summed E-state index contributed by atoms with van der Waals surface area (Å²) < 4.78 is 11.5. The average molecular weight is 392 g/mol. The van der Waals surface area contributed by atoms with E-state index in [9.17, 15) is 4.79 Å². The molecule has 0 saturated heterocycles. The zero-order valence-electron chi connectivity index (χ0n) is 16.9. The number of nitrogens with one attached hydrogen (secondary N) is 1. The number of hydrogen-bond donors (Lipinski definition) is 1. The summed E-state index contributed by atoms with van der Waals surface area (Å²) in [7, 11) is 0. The molecule has 1 heterocycles. The summed E-state index contributed by atoms with van der Waals surface area (Å²) in [5.41, 5.74) is 2.05. The Balaban J connectivity index is 1.25. The maximum absolute atomic E-state index is 11.9. The molecule has 1 aromatic heterocycles. The van der Waals surface area contributed by atoms with E-state index in [1.807, 2.05) is 61.5 Å². The van der Waals surface area contributed by atoms with Gasteiger partial charge in [0.05, 0.1) is 13.2 Å². The van der Waals surface area contributed by atoms with E-state index in [0.29, 0.717) is 26.2 Å². The fraction of sp³-hybridized carbons (Fsp3) is 0.333. The summed E-state index contributed by atoms with van der Waals surface area (Å²) in [6.45, 7) is 3.82. The molecule has 0 unspecified atom stereocenters. The fourth-order valence-electron chi connectivity index (χ4n) is 3.05. The van der Waals surface area contributed by atoms with Crippen LogP contribution in [0.2, 0.25) is 0 Å². The first-order valence-corrected chi connectivity index (χ1v) is 10.1. The molecule has 1 amide bonds.